The summed E-state index contributed by atoms with van der Waals surface area (Å²) in [7, 11) is 0. The van der Waals surface area contributed by atoms with Crippen LogP contribution in [-0.2, 0) is 0 Å². The van der Waals surface area contributed by atoms with Gasteiger partial charge in [-0.25, -0.2) is 4.79 Å². The molecule has 0 unspecified atom stereocenters. The molecule has 0 atom stereocenters. The van der Waals surface area contributed by atoms with E-state index in [0.29, 0.717) is 22.6 Å². The standard InChI is InChI=1S/C12H9NO4/c1-6-4-10(14)17-12-7(6)2-3-9-11(12)8(13-15)5-16-9/h2-4,15H,5H2,1H3. The van der Waals surface area contributed by atoms with E-state index in [-0.39, 0.29) is 6.61 Å². The largest absolute Gasteiger partial charge is 0.486 e. The van der Waals surface area contributed by atoms with E-state index < -0.39 is 5.63 Å². The molecule has 3 rings (SSSR count). The zero-order chi connectivity index (χ0) is 12.0. The summed E-state index contributed by atoms with van der Waals surface area (Å²) in [6.07, 6.45) is 0. The first-order valence-corrected chi connectivity index (χ1v) is 5.12. The van der Waals surface area contributed by atoms with Gasteiger partial charge in [-0.3, -0.25) is 0 Å². The van der Waals surface area contributed by atoms with E-state index >= 15 is 0 Å². The predicted molar refractivity (Wildman–Crippen MR) is 61.0 cm³/mol. The number of hydrogen-bond donors (Lipinski definition) is 1. The van der Waals surface area contributed by atoms with Crippen LogP contribution in [0.25, 0.3) is 11.0 Å². The van der Waals surface area contributed by atoms with E-state index in [1.807, 2.05) is 13.0 Å². The van der Waals surface area contributed by atoms with Crippen molar-refractivity contribution in [2.75, 3.05) is 6.61 Å². The van der Waals surface area contributed by atoms with E-state index in [0.717, 1.165) is 10.9 Å². The first-order chi connectivity index (χ1) is 8.20. The van der Waals surface area contributed by atoms with Crippen LogP contribution >= 0.6 is 0 Å². The minimum absolute atomic E-state index is 0.183. The summed E-state index contributed by atoms with van der Waals surface area (Å²) in [5.41, 5.74) is 1.75. The van der Waals surface area contributed by atoms with Crippen LogP contribution in [-0.4, -0.2) is 17.5 Å². The summed E-state index contributed by atoms with van der Waals surface area (Å²) in [6.45, 7) is 2.01. The molecule has 5 heteroatoms. The Morgan fingerprint density at radius 2 is 2.24 bits per heavy atom. The third-order valence-electron chi connectivity index (χ3n) is 2.85. The Hall–Kier alpha value is -2.30. The fourth-order valence-electron chi connectivity index (χ4n) is 2.06. The van der Waals surface area contributed by atoms with Gasteiger partial charge in [0, 0.05) is 11.5 Å². The molecule has 1 N–H and O–H groups in total. The zero-order valence-electron chi connectivity index (χ0n) is 9.06. The molecule has 0 saturated carbocycles. The molecule has 5 nitrogen and oxygen atoms in total. The normalized spacial score (nSPS) is 16.2. The lowest BCUT2D eigenvalue weighted by molar-refractivity contribution is 0.313. The molecule has 0 saturated heterocycles. The highest BCUT2D eigenvalue weighted by Crippen LogP contribution is 2.33. The van der Waals surface area contributed by atoms with Crippen LogP contribution in [0.5, 0.6) is 5.75 Å². The van der Waals surface area contributed by atoms with E-state index in [4.69, 9.17) is 14.4 Å². The Balaban J connectivity index is 2.50. The van der Waals surface area contributed by atoms with Gasteiger partial charge < -0.3 is 14.4 Å². The summed E-state index contributed by atoms with van der Waals surface area (Å²) < 4.78 is 10.5. The number of nitrogens with zero attached hydrogens (tertiary/aromatic N) is 1. The number of hydrogen-bond acceptors (Lipinski definition) is 5. The van der Waals surface area contributed by atoms with Gasteiger partial charge in [-0.2, -0.15) is 0 Å². The zero-order valence-corrected chi connectivity index (χ0v) is 9.06. The second-order valence-electron chi connectivity index (χ2n) is 3.90. The SMILES string of the molecule is Cc1cc(=O)oc2c3c(ccc12)OCC3=NO. The molecule has 0 fully saturated rings. The van der Waals surface area contributed by atoms with Crippen molar-refractivity contribution in [3.8, 4) is 5.75 Å². The quantitative estimate of drug-likeness (QED) is 0.425. The number of rotatable bonds is 0. The van der Waals surface area contributed by atoms with Crippen LogP contribution in [0.15, 0.2) is 32.6 Å². The molecular weight excluding hydrogens is 222 g/mol. The molecule has 0 bridgehead atoms. The summed E-state index contributed by atoms with van der Waals surface area (Å²) >= 11 is 0. The van der Waals surface area contributed by atoms with Crippen molar-refractivity contribution in [3.63, 3.8) is 0 Å². The van der Waals surface area contributed by atoms with Gasteiger partial charge >= 0.3 is 5.63 Å². The number of ether oxygens (including phenoxy) is 1. The van der Waals surface area contributed by atoms with Crippen LogP contribution < -0.4 is 10.4 Å². The Morgan fingerprint density at radius 3 is 3.00 bits per heavy atom. The number of benzene rings is 1. The Morgan fingerprint density at radius 1 is 1.41 bits per heavy atom. The lowest BCUT2D eigenvalue weighted by Crippen LogP contribution is -2.04. The third-order valence-corrected chi connectivity index (χ3v) is 2.85. The molecular formula is C12H9NO4. The van der Waals surface area contributed by atoms with Crippen molar-refractivity contribution in [1.29, 1.82) is 0 Å². The van der Waals surface area contributed by atoms with Gasteiger partial charge in [0.05, 0.1) is 5.56 Å². The monoisotopic (exact) mass is 231 g/mol. The van der Waals surface area contributed by atoms with Crippen molar-refractivity contribution >= 4 is 16.7 Å². The summed E-state index contributed by atoms with van der Waals surface area (Å²) in [6, 6.07) is 5.04. The first kappa shape index (κ1) is 9.89. The highest BCUT2D eigenvalue weighted by molar-refractivity contribution is 6.14. The Labute approximate surface area is 95.9 Å². The van der Waals surface area contributed by atoms with Crippen molar-refractivity contribution in [3.05, 3.63) is 39.7 Å². The van der Waals surface area contributed by atoms with Gasteiger partial charge in [-0.15, -0.1) is 0 Å². The number of aryl methyl sites for hydroxylation is 1. The fraction of sp³-hybridized carbons (Fsp3) is 0.167. The van der Waals surface area contributed by atoms with Crippen molar-refractivity contribution in [2.24, 2.45) is 5.16 Å². The van der Waals surface area contributed by atoms with Crippen LogP contribution in [0, 0.1) is 6.92 Å². The van der Waals surface area contributed by atoms with Crippen molar-refractivity contribution < 1.29 is 14.4 Å². The minimum atomic E-state index is -0.424. The molecule has 2 aromatic rings. The molecule has 0 radical (unpaired) electrons. The van der Waals surface area contributed by atoms with E-state index in [1.165, 1.54) is 6.07 Å². The summed E-state index contributed by atoms with van der Waals surface area (Å²) in [5, 5.41) is 12.9. The van der Waals surface area contributed by atoms with Crippen LogP contribution in [0.4, 0.5) is 0 Å². The Bertz CT molecular complexity index is 699. The fourth-order valence-corrected chi connectivity index (χ4v) is 2.06. The molecule has 0 aliphatic carbocycles. The lowest BCUT2D eigenvalue weighted by Gasteiger charge is -2.04. The van der Waals surface area contributed by atoms with Crippen molar-refractivity contribution in [2.45, 2.75) is 6.92 Å². The maximum absolute atomic E-state index is 11.4. The highest BCUT2D eigenvalue weighted by Gasteiger charge is 2.25. The summed E-state index contributed by atoms with van der Waals surface area (Å²) in [4.78, 5) is 11.4. The number of fused-ring (bicyclic) bond motifs is 3. The molecule has 1 aromatic heterocycles. The minimum Gasteiger partial charge on any atom is -0.486 e. The maximum Gasteiger partial charge on any atom is 0.336 e. The predicted octanol–water partition coefficient (Wildman–Crippen LogP) is 1.67. The smallest absolute Gasteiger partial charge is 0.336 e. The second-order valence-corrected chi connectivity index (χ2v) is 3.90. The molecule has 0 spiro atoms. The first-order valence-electron chi connectivity index (χ1n) is 5.12. The molecule has 86 valence electrons. The van der Waals surface area contributed by atoms with Gasteiger partial charge in [0.2, 0.25) is 0 Å². The molecule has 17 heavy (non-hydrogen) atoms. The van der Waals surface area contributed by atoms with E-state index in [1.54, 1.807) is 6.07 Å². The molecule has 1 aliphatic heterocycles. The molecule has 2 heterocycles. The molecule has 1 aromatic carbocycles. The topological polar surface area (TPSA) is 72.0 Å². The van der Waals surface area contributed by atoms with Crippen molar-refractivity contribution in [1.82, 2.24) is 0 Å². The average molecular weight is 231 g/mol. The second kappa shape index (κ2) is 3.35. The van der Waals surface area contributed by atoms with Crippen LogP contribution in [0.1, 0.15) is 11.1 Å². The van der Waals surface area contributed by atoms with Gasteiger partial charge in [0.15, 0.2) is 5.58 Å². The lowest BCUT2D eigenvalue weighted by atomic mass is 10.0. The highest BCUT2D eigenvalue weighted by atomic mass is 16.5. The Kier molecular flexibility index (Phi) is 1.95. The number of oxime groups is 1. The van der Waals surface area contributed by atoms with Gasteiger partial charge in [-0.1, -0.05) is 5.16 Å². The average Bonchev–Trinajstić information content (AvgIpc) is 2.71. The van der Waals surface area contributed by atoms with Gasteiger partial charge in [0.1, 0.15) is 18.1 Å². The van der Waals surface area contributed by atoms with Crippen LogP contribution in [0.2, 0.25) is 0 Å². The third kappa shape index (κ3) is 1.32. The van der Waals surface area contributed by atoms with Gasteiger partial charge in [0.25, 0.3) is 0 Å². The maximum atomic E-state index is 11.4. The van der Waals surface area contributed by atoms with E-state index in [2.05, 4.69) is 5.16 Å². The molecule has 1 aliphatic rings. The molecule has 0 amide bonds. The van der Waals surface area contributed by atoms with E-state index in [9.17, 15) is 4.79 Å². The van der Waals surface area contributed by atoms with Gasteiger partial charge in [-0.05, 0) is 24.6 Å². The summed E-state index contributed by atoms with van der Waals surface area (Å²) in [5.74, 6) is 0.569. The van der Waals surface area contributed by atoms with Crippen LogP contribution in [0.3, 0.4) is 0 Å².